The summed E-state index contributed by atoms with van der Waals surface area (Å²) >= 11 is 0. The number of aromatic amines is 3. The van der Waals surface area contributed by atoms with Gasteiger partial charge >= 0.3 is 0 Å². The van der Waals surface area contributed by atoms with Gasteiger partial charge in [-0.05, 0) is 48.2 Å². The van der Waals surface area contributed by atoms with Crippen molar-refractivity contribution in [3.8, 4) is 22.8 Å². The SMILES string of the molecule is CCc1c(-c2nc3ccccc3[nH]c2=O)[nH]c(-c2nc3ccccc3[nH]c2=O)c1CC. The van der Waals surface area contributed by atoms with Crippen LogP contribution in [0.4, 0.5) is 0 Å². The maximum atomic E-state index is 12.9. The molecule has 0 saturated heterocycles. The summed E-state index contributed by atoms with van der Waals surface area (Å²) in [5, 5.41) is 0. The molecule has 7 nitrogen and oxygen atoms in total. The number of H-pyrrole nitrogens is 3. The molecule has 3 aromatic heterocycles. The standard InChI is InChI=1S/C24H21N5O2/c1-3-13-14(4-2)20(22-24(31)28-18-12-8-6-10-16(18)26-22)29-19(13)21-23(30)27-17-11-7-5-9-15(17)25-21/h5-12,29H,3-4H2,1-2H3,(H,27,30)(H,28,31). The maximum Gasteiger partial charge on any atom is 0.276 e. The predicted octanol–water partition coefficient (Wildman–Crippen LogP) is 3.95. The monoisotopic (exact) mass is 411 g/mol. The van der Waals surface area contributed by atoms with Gasteiger partial charge in [0.2, 0.25) is 0 Å². The van der Waals surface area contributed by atoms with E-state index in [1.165, 1.54) is 0 Å². The average molecular weight is 411 g/mol. The highest BCUT2D eigenvalue weighted by Crippen LogP contribution is 2.32. The summed E-state index contributed by atoms with van der Waals surface area (Å²) in [4.78, 5) is 44.1. The van der Waals surface area contributed by atoms with Gasteiger partial charge in [0, 0.05) is 0 Å². The van der Waals surface area contributed by atoms with Crippen LogP contribution in [0.2, 0.25) is 0 Å². The Morgan fingerprint density at radius 2 is 1.06 bits per heavy atom. The molecule has 0 spiro atoms. The van der Waals surface area contributed by atoms with E-state index >= 15 is 0 Å². The molecule has 3 heterocycles. The van der Waals surface area contributed by atoms with E-state index in [1.807, 2.05) is 62.4 Å². The molecule has 0 aliphatic heterocycles. The van der Waals surface area contributed by atoms with Crippen LogP contribution in [-0.4, -0.2) is 24.9 Å². The second-order valence-electron chi connectivity index (χ2n) is 7.40. The number of para-hydroxylation sites is 4. The predicted molar refractivity (Wildman–Crippen MR) is 122 cm³/mol. The highest BCUT2D eigenvalue weighted by Gasteiger charge is 2.23. The molecule has 31 heavy (non-hydrogen) atoms. The lowest BCUT2D eigenvalue weighted by Crippen LogP contribution is -2.13. The van der Waals surface area contributed by atoms with Gasteiger partial charge in [-0.3, -0.25) is 9.59 Å². The van der Waals surface area contributed by atoms with Crippen LogP contribution in [-0.2, 0) is 12.8 Å². The zero-order valence-electron chi connectivity index (χ0n) is 17.2. The maximum absolute atomic E-state index is 12.9. The molecule has 0 fully saturated rings. The summed E-state index contributed by atoms with van der Waals surface area (Å²) in [6, 6.07) is 14.9. The van der Waals surface area contributed by atoms with Gasteiger partial charge in [-0.1, -0.05) is 38.1 Å². The summed E-state index contributed by atoms with van der Waals surface area (Å²) in [5.41, 5.74) is 6.07. The zero-order chi connectivity index (χ0) is 21.5. The van der Waals surface area contributed by atoms with E-state index in [1.54, 1.807) is 0 Å². The lowest BCUT2D eigenvalue weighted by Gasteiger charge is -2.05. The molecule has 0 aliphatic carbocycles. The van der Waals surface area contributed by atoms with Gasteiger partial charge in [0.15, 0.2) is 11.4 Å². The minimum Gasteiger partial charge on any atom is -0.351 e. The summed E-state index contributed by atoms with van der Waals surface area (Å²) in [6.45, 7) is 4.06. The number of hydrogen-bond acceptors (Lipinski definition) is 4. The van der Waals surface area contributed by atoms with Crippen molar-refractivity contribution in [1.29, 1.82) is 0 Å². The summed E-state index contributed by atoms with van der Waals surface area (Å²) in [7, 11) is 0. The van der Waals surface area contributed by atoms with Crippen molar-refractivity contribution in [2.75, 3.05) is 0 Å². The Kier molecular flexibility index (Phi) is 4.51. The van der Waals surface area contributed by atoms with Crippen molar-refractivity contribution in [3.63, 3.8) is 0 Å². The van der Waals surface area contributed by atoms with Gasteiger partial charge in [-0.15, -0.1) is 0 Å². The molecule has 0 unspecified atom stereocenters. The first kappa shape index (κ1) is 19.0. The fourth-order valence-electron chi connectivity index (χ4n) is 4.16. The molecule has 0 amide bonds. The van der Waals surface area contributed by atoms with Crippen LogP contribution in [0.3, 0.4) is 0 Å². The van der Waals surface area contributed by atoms with Crippen LogP contribution >= 0.6 is 0 Å². The Labute approximate surface area is 177 Å². The van der Waals surface area contributed by atoms with Gasteiger partial charge in [0.25, 0.3) is 11.1 Å². The van der Waals surface area contributed by atoms with Crippen molar-refractivity contribution in [1.82, 2.24) is 24.9 Å². The van der Waals surface area contributed by atoms with Gasteiger partial charge in [0.05, 0.1) is 33.5 Å². The molecule has 0 aliphatic rings. The van der Waals surface area contributed by atoms with E-state index in [-0.39, 0.29) is 11.1 Å². The van der Waals surface area contributed by atoms with Crippen LogP contribution in [0.1, 0.15) is 25.0 Å². The summed E-state index contributed by atoms with van der Waals surface area (Å²) in [5.74, 6) is 0. The Hall–Kier alpha value is -4.00. The van der Waals surface area contributed by atoms with E-state index in [2.05, 4.69) is 24.9 Å². The normalized spacial score (nSPS) is 11.4. The lowest BCUT2D eigenvalue weighted by atomic mass is 10.0. The van der Waals surface area contributed by atoms with E-state index in [4.69, 9.17) is 0 Å². The minimum absolute atomic E-state index is 0.274. The van der Waals surface area contributed by atoms with Crippen molar-refractivity contribution in [3.05, 3.63) is 80.4 Å². The fourth-order valence-corrected chi connectivity index (χ4v) is 4.16. The third kappa shape index (κ3) is 3.06. The molecule has 5 rings (SSSR count). The Bertz CT molecular complexity index is 1440. The van der Waals surface area contributed by atoms with E-state index in [0.29, 0.717) is 57.7 Å². The van der Waals surface area contributed by atoms with E-state index in [0.717, 1.165) is 11.1 Å². The van der Waals surface area contributed by atoms with Crippen molar-refractivity contribution in [2.45, 2.75) is 26.7 Å². The molecule has 0 atom stereocenters. The summed E-state index contributed by atoms with van der Waals surface area (Å²) in [6.07, 6.45) is 1.38. The third-order valence-electron chi connectivity index (χ3n) is 5.60. The van der Waals surface area contributed by atoms with Gasteiger partial charge in [-0.25, -0.2) is 9.97 Å². The molecule has 154 valence electrons. The van der Waals surface area contributed by atoms with Gasteiger partial charge in [0.1, 0.15) is 0 Å². The Balaban J connectivity index is 1.79. The number of aromatic nitrogens is 5. The first-order chi connectivity index (χ1) is 15.1. The fraction of sp³-hybridized carbons (Fsp3) is 0.167. The van der Waals surface area contributed by atoms with E-state index in [9.17, 15) is 9.59 Å². The molecule has 5 aromatic rings. The van der Waals surface area contributed by atoms with Gasteiger partial charge < -0.3 is 15.0 Å². The van der Waals surface area contributed by atoms with Crippen LogP contribution in [0.5, 0.6) is 0 Å². The van der Waals surface area contributed by atoms with Crippen LogP contribution in [0.25, 0.3) is 44.8 Å². The number of fused-ring (bicyclic) bond motifs is 2. The number of benzene rings is 2. The number of nitrogens with zero attached hydrogens (tertiary/aromatic N) is 2. The first-order valence-corrected chi connectivity index (χ1v) is 10.3. The molecular formula is C24H21N5O2. The van der Waals surface area contributed by atoms with Crippen molar-refractivity contribution >= 4 is 22.1 Å². The number of rotatable bonds is 4. The van der Waals surface area contributed by atoms with Crippen LogP contribution < -0.4 is 11.1 Å². The summed E-state index contributed by atoms with van der Waals surface area (Å²) < 4.78 is 0. The van der Waals surface area contributed by atoms with Gasteiger partial charge in [-0.2, -0.15) is 0 Å². The molecule has 7 heteroatoms. The molecule has 0 radical (unpaired) electrons. The Morgan fingerprint density at radius 3 is 1.48 bits per heavy atom. The quantitative estimate of drug-likeness (QED) is 0.416. The van der Waals surface area contributed by atoms with Crippen LogP contribution in [0.15, 0.2) is 58.1 Å². The smallest absolute Gasteiger partial charge is 0.276 e. The largest absolute Gasteiger partial charge is 0.351 e. The number of hydrogen-bond donors (Lipinski definition) is 3. The zero-order valence-corrected chi connectivity index (χ0v) is 17.2. The van der Waals surface area contributed by atoms with Crippen molar-refractivity contribution < 1.29 is 0 Å². The Morgan fingerprint density at radius 1 is 0.645 bits per heavy atom. The molecular weight excluding hydrogens is 390 g/mol. The van der Waals surface area contributed by atoms with E-state index < -0.39 is 0 Å². The second kappa shape index (κ2) is 7.36. The third-order valence-corrected chi connectivity index (χ3v) is 5.60. The highest BCUT2D eigenvalue weighted by molar-refractivity contribution is 5.81. The number of nitrogens with one attached hydrogen (secondary N) is 3. The van der Waals surface area contributed by atoms with Crippen LogP contribution in [0, 0.1) is 0 Å². The molecule has 0 saturated carbocycles. The van der Waals surface area contributed by atoms with Crippen molar-refractivity contribution in [2.24, 2.45) is 0 Å². The molecule has 0 bridgehead atoms. The minimum atomic E-state index is -0.274. The second-order valence-corrected chi connectivity index (χ2v) is 7.40. The highest BCUT2D eigenvalue weighted by atomic mass is 16.1. The molecule has 3 N–H and O–H groups in total. The molecule has 2 aromatic carbocycles. The lowest BCUT2D eigenvalue weighted by molar-refractivity contribution is 1.05. The average Bonchev–Trinajstić information content (AvgIpc) is 3.16. The topological polar surface area (TPSA) is 107 Å². The first-order valence-electron chi connectivity index (χ1n) is 10.3.